The van der Waals surface area contributed by atoms with Crippen molar-refractivity contribution >= 4 is 17.7 Å². The average molecular weight is 357 g/mol. The Morgan fingerprint density at radius 2 is 1.69 bits per heavy atom. The van der Waals surface area contributed by atoms with Gasteiger partial charge in [0.2, 0.25) is 0 Å². The van der Waals surface area contributed by atoms with Crippen LogP contribution in [0.1, 0.15) is 63.5 Å². The molecule has 0 saturated heterocycles. The second-order valence-corrected chi connectivity index (χ2v) is 7.62. The van der Waals surface area contributed by atoms with Crippen molar-refractivity contribution in [1.29, 1.82) is 0 Å². The highest BCUT2D eigenvalue weighted by Gasteiger charge is 2.21. The fourth-order valence-electron chi connectivity index (χ4n) is 2.44. The molecule has 0 aliphatic carbocycles. The van der Waals surface area contributed by atoms with Crippen molar-refractivity contribution in [2.45, 2.75) is 59.1 Å². The minimum Gasteiger partial charge on any atom is -0.449 e. The summed E-state index contributed by atoms with van der Waals surface area (Å²) in [5.74, 6) is -0.347. The lowest BCUT2D eigenvalue weighted by Crippen LogP contribution is -2.31. The Morgan fingerprint density at radius 1 is 1.08 bits per heavy atom. The summed E-state index contributed by atoms with van der Waals surface area (Å²) in [6.07, 6.45) is 0.698. The number of benzene rings is 1. The van der Waals surface area contributed by atoms with E-state index in [1.165, 1.54) is 0 Å². The first kappa shape index (κ1) is 19.7. The van der Waals surface area contributed by atoms with Gasteiger partial charge < -0.3 is 10.1 Å². The van der Waals surface area contributed by atoms with Gasteiger partial charge in [-0.25, -0.2) is 9.48 Å². The monoisotopic (exact) mass is 357 g/mol. The molecule has 0 unspecified atom stereocenters. The van der Waals surface area contributed by atoms with E-state index >= 15 is 0 Å². The minimum absolute atomic E-state index is 0.00891. The van der Waals surface area contributed by atoms with E-state index < -0.39 is 18.0 Å². The molecule has 2 aromatic rings. The maximum Gasteiger partial charge on any atom is 0.338 e. The third-order valence-electron chi connectivity index (χ3n) is 4.05. The highest BCUT2D eigenvalue weighted by Crippen LogP contribution is 2.22. The van der Waals surface area contributed by atoms with E-state index in [2.05, 4.69) is 31.2 Å². The third kappa shape index (κ3) is 4.71. The normalized spacial score (nSPS) is 12.7. The lowest BCUT2D eigenvalue weighted by Gasteiger charge is -2.19. The zero-order chi connectivity index (χ0) is 19.5. The Bertz CT molecular complexity index is 770. The van der Waals surface area contributed by atoms with Crippen molar-refractivity contribution in [3.63, 3.8) is 0 Å². The number of ether oxygens (including phenoxy) is 1. The van der Waals surface area contributed by atoms with Crippen LogP contribution in [0.4, 0.5) is 5.82 Å². The van der Waals surface area contributed by atoms with Crippen molar-refractivity contribution in [1.82, 2.24) is 9.78 Å². The summed E-state index contributed by atoms with van der Waals surface area (Å²) in [4.78, 5) is 24.6. The first-order chi connectivity index (χ1) is 12.1. The molecule has 0 saturated carbocycles. The molecule has 140 valence electrons. The van der Waals surface area contributed by atoms with Gasteiger partial charge in [-0.15, -0.1) is 0 Å². The lowest BCUT2D eigenvalue weighted by atomic mass is 9.87. The quantitative estimate of drug-likeness (QED) is 0.823. The SMILES string of the molecule is CC(C)n1nccc1NC(=O)[C@@H](C)OC(=O)c1ccc(C(C)(C)C)cc1. The summed E-state index contributed by atoms with van der Waals surface area (Å²) in [6.45, 7) is 11.8. The van der Waals surface area contributed by atoms with E-state index in [1.807, 2.05) is 26.0 Å². The van der Waals surface area contributed by atoms with Crippen molar-refractivity contribution in [2.24, 2.45) is 0 Å². The molecule has 1 aromatic carbocycles. The molecule has 0 aliphatic heterocycles. The number of hydrogen-bond donors (Lipinski definition) is 1. The summed E-state index contributed by atoms with van der Waals surface area (Å²) in [7, 11) is 0. The van der Waals surface area contributed by atoms with Gasteiger partial charge in [-0.1, -0.05) is 32.9 Å². The van der Waals surface area contributed by atoms with Crippen molar-refractivity contribution in [2.75, 3.05) is 5.32 Å². The van der Waals surface area contributed by atoms with Gasteiger partial charge in [0.25, 0.3) is 5.91 Å². The maximum atomic E-state index is 12.3. The number of anilines is 1. The molecule has 6 heteroatoms. The number of carbonyl (C=O) groups excluding carboxylic acids is 2. The number of aromatic nitrogens is 2. The Kier molecular flexibility index (Phi) is 5.85. The zero-order valence-electron chi connectivity index (χ0n) is 16.2. The van der Waals surface area contributed by atoms with Gasteiger partial charge in [0.15, 0.2) is 6.10 Å². The van der Waals surface area contributed by atoms with Gasteiger partial charge >= 0.3 is 5.97 Å². The van der Waals surface area contributed by atoms with Crippen LogP contribution >= 0.6 is 0 Å². The average Bonchev–Trinajstić information content (AvgIpc) is 3.02. The van der Waals surface area contributed by atoms with E-state index in [9.17, 15) is 9.59 Å². The summed E-state index contributed by atoms with van der Waals surface area (Å²) in [5.41, 5.74) is 1.56. The first-order valence-corrected chi connectivity index (χ1v) is 8.75. The molecular weight excluding hydrogens is 330 g/mol. The summed E-state index contributed by atoms with van der Waals surface area (Å²) >= 11 is 0. The molecular formula is C20H27N3O3. The Morgan fingerprint density at radius 3 is 2.23 bits per heavy atom. The summed E-state index contributed by atoms with van der Waals surface area (Å²) < 4.78 is 6.98. The molecule has 1 heterocycles. The minimum atomic E-state index is -0.916. The number of amides is 1. The number of hydrogen-bond acceptors (Lipinski definition) is 4. The zero-order valence-corrected chi connectivity index (χ0v) is 16.2. The van der Waals surface area contributed by atoms with Crippen LogP contribution in [0.5, 0.6) is 0 Å². The molecule has 0 aliphatic rings. The molecule has 0 fully saturated rings. The molecule has 2 rings (SSSR count). The van der Waals surface area contributed by atoms with E-state index in [0.29, 0.717) is 11.4 Å². The molecule has 0 bridgehead atoms. The van der Waals surface area contributed by atoms with Gasteiger partial charge in [-0.2, -0.15) is 5.10 Å². The molecule has 1 aromatic heterocycles. The molecule has 6 nitrogen and oxygen atoms in total. The van der Waals surface area contributed by atoms with Crippen LogP contribution in [-0.4, -0.2) is 27.8 Å². The standard InChI is InChI=1S/C20H27N3O3/c1-13(2)23-17(11-12-21-23)22-18(24)14(3)26-19(25)15-7-9-16(10-8-15)20(4,5)6/h7-14H,1-6H3,(H,22,24)/t14-/m1/s1. The predicted molar refractivity (Wildman–Crippen MR) is 101 cm³/mol. The number of carbonyl (C=O) groups is 2. The third-order valence-corrected chi connectivity index (χ3v) is 4.05. The molecule has 1 atom stereocenters. The van der Waals surface area contributed by atoms with Crippen molar-refractivity contribution in [3.8, 4) is 0 Å². The van der Waals surface area contributed by atoms with Crippen LogP contribution in [0.2, 0.25) is 0 Å². The van der Waals surface area contributed by atoms with Crippen LogP contribution in [0.3, 0.4) is 0 Å². The van der Waals surface area contributed by atoms with E-state index in [4.69, 9.17) is 4.74 Å². The van der Waals surface area contributed by atoms with Crippen LogP contribution in [0.15, 0.2) is 36.5 Å². The van der Waals surface area contributed by atoms with Gasteiger partial charge in [0, 0.05) is 12.1 Å². The summed E-state index contributed by atoms with van der Waals surface area (Å²) in [5, 5.41) is 6.90. The number of rotatable bonds is 5. The largest absolute Gasteiger partial charge is 0.449 e. The first-order valence-electron chi connectivity index (χ1n) is 8.75. The smallest absolute Gasteiger partial charge is 0.338 e. The van der Waals surface area contributed by atoms with Crippen LogP contribution in [0, 0.1) is 0 Å². The second kappa shape index (κ2) is 7.72. The van der Waals surface area contributed by atoms with E-state index in [-0.39, 0.29) is 11.5 Å². The predicted octanol–water partition coefficient (Wildman–Crippen LogP) is 3.95. The Labute approximate surface area is 154 Å². The molecule has 1 N–H and O–H groups in total. The Balaban J connectivity index is 2.00. The topological polar surface area (TPSA) is 73.2 Å². The number of esters is 1. The Hall–Kier alpha value is -2.63. The van der Waals surface area contributed by atoms with E-state index in [0.717, 1.165) is 5.56 Å². The number of nitrogens with zero attached hydrogens (tertiary/aromatic N) is 2. The van der Waals surface area contributed by atoms with Crippen molar-refractivity contribution in [3.05, 3.63) is 47.7 Å². The van der Waals surface area contributed by atoms with Crippen molar-refractivity contribution < 1.29 is 14.3 Å². The van der Waals surface area contributed by atoms with E-state index in [1.54, 1.807) is 36.0 Å². The fourth-order valence-corrected chi connectivity index (χ4v) is 2.44. The van der Waals surface area contributed by atoms with Crippen LogP contribution in [0.25, 0.3) is 0 Å². The van der Waals surface area contributed by atoms with Crippen LogP contribution in [-0.2, 0) is 14.9 Å². The molecule has 0 radical (unpaired) electrons. The molecule has 0 spiro atoms. The molecule has 26 heavy (non-hydrogen) atoms. The van der Waals surface area contributed by atoms with Gasteiger partial charge in [0.1, 0.15) is 5.82 Å². The highest BCUT2D eigenvalue weighted by atomic mass is 16.5. The second-order valence-electron chi connectivity index (χ2n) is 7.62. The lowest BCUT2D eigenvalue weighted by molar-refractivity contribution is -0.123. The van der Waals surface area contributed by atoms with Gasteiger partial charge in [0.05, 0.1) is 11.8 Å². The van der Waals surface area contributed by atoms with Crippen LogP contribution < -0.4 is 5.32 Å². The molecule has 1 amide bonds. The fraction of sp³-hybridized carbons (Fsp3) is 0.450. The summed E-state index contributed by atoms with van der Waals surface area (Å²) in [6, 6.07) is 9.07. The van der Waals surface area contributed by atoms with Gasteiger partial charge in [-0.05, 0) is 43.9 Å². The maximum absolute atomic E-state index is 12.3. The van der Waals surface area contributed by atoms with Gasteiger partial charge in [-0.3, -0.25) is 4.79 Å². The highest BCUT2D eigenvalue weighted by molar-refractivity contribution is 5.96. The number of nitrogens with one attached hydrogen (secondary N) is 1.